The average Bonchev–Trinajstić information content (AvgIpc) is 3.04. The van der Waals surface area contributed by atoms with E-state index in [0.717, 1.165) is 0 Å². The topological polar surface area (TPSA) is 46.4 Å². The quantitative estimate of drug-likeness (QED) is 0.511. The number of alkyl halides is 1. The monoisotopic (exact) mass is 347 g/mol. The molecule has 130 valence electrons. The molecule has 1 unspecified atom stereocenters. The van der Waals surface area contributed by atoms with Gasteiger partial charge in [0.2, 0.25) is 0 Å². The van der Waals surface area contributed by atoms with Crippen LogP contribution in [0.25, 0.3) is 5.52 Å². The third-order valence-electron chi connectivity index (χ3n) is 3.94. The Morgan fingerprint density at radius 1 is 1.28 bits per heavy atom. The molecule has 25 heavy (non-hydrogen) atoms. The zero-order chi connectivity index (χ0) is 17.8. The number of nitrogens with zero attached hydrogens (tertiary/aromatic N) is 2. The van der Waals surface area contributed by atoms with Crippen molar-refractivity contribution in [3.63, 3.8) is 0 Å². The smallest absolute Gasteiger partial charge is 0.172 e. The lowest BCUT2D eigenvalue weighted by molar-refractivity contribution is 0.112. The van der Waals surface area contributed by atoms with E-state index in [2.05, 4.69) is 10.4 Å². The molecule has 2 heterocycles. The summed E-state index contributed by atoms with van der Waals surface area (Å²) in [6.45, 7) is 0.341. The highest BCUT2D eigenvalue weighted by Crippen LogP contribution is 2.24. The van der Waals surface area contributed by atoms with Crippen LogP contribution < -0.4 is 5.32 Å². The Morgan fingerprint density at radius 3 is 2.88 bits per heavy atom. The summed E-state index contributed by atoms with van der Waals surface area (Å²) in [6.07, 6.45) is 2.72. The molecule has 0 aliphatic carbocycles. The lowest BCUT2D eigenvalue weighted by Gasteiger charge is -2.11. The van der Waals surface area contributed by atoms with Gasteiger partial charge in [-0.05, 0) is 36.6 Å². The van der Waals surface area contributed by atoms with Crippen molar-refractivity contribution in [1.29, 1.82) is 0 Å². The van der Waals surface area contributed by atoms with Gasteiger partial charge >= 0.3 is 0 Å². The largest absolute Gasteiger partial charge is 0.383 e. The van der Waals surface area contributed by atoms with Gasteiger partial charge < -0.3 is 5.32 Å². The molecule has 7 heteroatoms. The van der Waals surface area contributed by atoms with Crippen molar-refractivity contribution in [3.8, 4) is 0 Å². The number of pyridine rings is 1. The number of halogens is 3. The molecule has 0 saturated heterocycles. The first kappa shape index (κ1) is 17.0. The van der Waals surface area contributed by atoms with E-state index in [9.17, 15) is 18.0 Å². The van der Waals surface area contributed by atoms with E-state index >= 15 is 0 Å². The van der Waals surface area contributed by atoms with E-state index in [1.54, 1.807) is 6.20 Å². The second-order valence-corrected chi connectivity index (χ2v) is 5.65. The van der Waals surface area contributed by atoms with E-state index in [4.69, 9.17) is 0 Å². The maximum atomic E-state index is 14.4. The minimum absolute atomic E-state index is 0.100. The molecule has 0 aliphatic heterocycles. The van der Waals surface area contributed by atoms with Crippen LogP contribution >= 0.6 is 0 Å². The highest BCUT2D eigenvalue weighted by atomic mass is 19.1. The van der Waals surface area contributed by atoms with Gasteiger partial charge in [0.15, 0.2) is 12.1 Å². The summed E-state index contributed by atoms with van der Waals surface area (Å²) in [5, 5.41) is 6.78. The Kier molecular flexibility index (Phi) is 5.02. The number of aromatic nitrogens is 2. The lowest BCUT2D eigenvalue weighted by Crippen LogP contribution is -2.06. The summed E-state index contributed by atoms with van der Waals surface area (Å²) >= 11 is 0. The van der Waals surface area contributed by atoms with Crippen LogP contribution in [0.15, 0.2) is 42.7 Å². The molecule has 4 nitrogen and oxygen atoms in total. The normalized spacial score (nSPS) is 12.3. The number of fused-ring (bicyclic) bond motifs is 1. The summed E-state index contributed by atoms with van der Waals surface area (Å²) < 4.78 is 42.9. The Morgan fingerprint density at radius 2 is 2.12 bits per heavy atom. The number of anilines is 1. The van der Waals surface area contributed by atoms with Crippen LogP contribution in [-0.2, 0) is 0 Å². The zero-order valence-electron chi connectivity index (χ0n) is 13.3. The van der Waals surface area contributed by atoms with Crippen molar-refractivity contribution in [2.75, 3.05) is 11.9 Å². The standard InChI is InChI=1S/C18H16F3N3O/c19-14-4-1-3-12(9-14)15(20)5-2-7-22-16-6-8-24-18(17(16)21)13(11-25)10-23-24/h1,3-4,6,8-11,15,22H,2,5,7H2. The zero-order valence-corrected chi connectivity index (χ0v) is 13.3. The Hall–Kier alpha value is -2.83. The van der Waals surface area contributed by atoms with Crippen LogP contribution in [-0.4, -0.2) is 22.4 Å². The number of hydrogen-bond donors (Lipinski definition) is 1. The molecule has 1 aromatic carbocycles. The minimum Gasteiger partial charge on any atom is -0.383 e. The van der Waals surface area contributed by atoms with E-state index in [1.807, 2.05) is 0 Å². The van der Waals surface area contributed by atoms with E-state index in [1.165, 1.54) is 41.0 Å². The predicted molar refractivity (Wildman–Crippen MR) is 88.5 cm³/mol. The fourth-order valence-corrected chi connectivity index (χ4v) is 2.66. The molecule has 0 bridgehead atoms. The van der Waals surface area contributed by atoms with Crippen LogP contribution in [0.2, 0.25) is 0 Å². The van der Waals surface area contributed by atoms with Crippen LogP contribution in [0.1, 0.15) is 34.9 Å². The Bertz CT molecular complexity index is 894. The molecule has 3 rings (SSSR count). The molecule has 0 amide bonds. The fourth-order valence-electron chi connectivity index (χ4n) is 2.66. The van der Waals surface area contributed by atoms with Crippen molar-refractivity contribution in [2.24, 2.45) is 0 Å². The molecule has 0 saturated carbocycles. The fraction of sp³-hybridized carbons (Fsp3) is 0.222. The lowest BCUT2D eigenvalue weighted by atomic mass is 10.1. The van der Waals surface area contributed by atoms with Crippen molar-refractivity contribution in [2.45, 2.75) is 19.0 Å². The molecule has 1 atom stereocenters. The minimum atomic E-state index is -1.28. The third kappa shape index (κ3) is 3.65. The molecular formula is C18H16F3N3O. The van der Waals surface area contributed by atoms with E-state index in [-0.39, 0.29) is 23.2 Å². The number of aldehydes is 1. The number of carbonyl (C=O) groups is 1. The first-order chi connectivity index (χ1) is 12.1. The maximum Gasteiger partial charge on any atom is 0.172 e. The molecule has 2 aromatic heterocycles. The van der Waals surface area contributed by atoms with Crippen LogP contribution in [0.5, 0.6) is 0 Å². The number of nitrogens with one attached hydrogen (secondary N) is 1. The molecule has 0 aliphatic rings. The summed E-state index contributed by atoms with van der Waals surface area (Å²) in [5.74, 6) is -1.05. The van der Waals surface area contributed by atoms with Gasteiger partial charge in [-0.25, -0.2) is 17.7 Å². The van der Waals surface area contributed by atoms with Crippen molar-refractivity contribution in [1.82, 2.24) is 9.61 Å². The second-order valence-electron chi connectivity index (χ2n) is 5.65. The van der Waals surface area contributed by atoms with E-state index in [0.29, 0.717) is 24.8 Å². The number of benzene rings is 1. The molecule has 0 spiro atoms. The predicted octanol–water partition coefficient (Wildman–Crippen LogP) is 4.33. The highest BCUT2D eigenvalue weighted by molar-refractivity contribution is 5.87. The van der Waals surface area contributed by atoms with Crippen LogP contribution in [0.4, 0.5) is 18.9 Å². The van der Waals surface area contributed by atoms with Crippen molar-refractivity contribution < 1.29 is 18.0 Å². The SMILES string of the molecule is O=Cc1cnn2ccc(NCCCC(F)c3cccc(F)c3)c(F)c12. The first-order valence-corrected chi connectivity index (χ1v) is 7.84. The van der Waals surface area contributed by atoms with Crippen LogP contribution in [0, 0.1) is 11.6 Å². The first-order valence-electron chi connectivity index (χ1n) is 7.84. The molecule has 0 fully saturated rings. The van der Waals surface area contributed by atoms with Gasteiger partial charge in [0.05, 0.1) is 17.4 Å². The number of carbonyl (C=O) groups excluding carboxylic acids is 1. The number of hydrogen-bond acceptors (Lipinski definition) is 3. The van der Waals surface area contributed by atoms with Gasteiger partial charge in [0, 0.05) is 12.7 Å². The number of rotatable bonds is 7. The summed E-state index contributed by atoms with van der Waals surface area (Å²) in [5.41, 5.74) is 0.777. The van der Waals surface area contributed by atoms with Gasteiger partial charge in [-0.2, -0.15) is 5.10 Å². The summed E-state index contributed by atoms with van der Waals surface area (Å²) in [6, 6.07) is 6.95. The van der Waals surface area contributed by atoms with Gasteiger partial charge in [0.1, 0.15) is 17.5 Å². The summed E-state index contributed by atoms with van der Waals surface area (Å²) in [4.78, 5) is 10.9. The highest BCUT2D eigenvalue weighted by Gasteiger charge is 2.14. The molecule has 3 aromatic rings. The van der Waals surface area contributed by atoms with Crippen molar-refractivity contribution >= 4 is 17.5 Å². The Balaban J connectivity index is 1.60. The third-order valence-corrected chi connectivity index (χ3v) is 3.94. The van der Waals surface area contributed by atoms with Gasteiger partial charge in [0.25, 0.3) is 0 Å². The van der Waals surface area contributed by atoms with Crippen molar-refractivity contribution in [3.05, 3.63) is 65.5 Å². The van der Waals surface area contributed by atoms with Gasteiger partial charge in [-0.15, -0.1) is 0 Å². The maximum absolute atomic E-state index is 14.4. The van der Waals surface area contributed by atoms with Gasteiger partial charge in [-0.1, -0.05) is 12.1 Å². The van der Waals surface area contributed by atoms with Crippen LogP contribution in [0.3, 0.4) is 0 Å². The average molecular weight is 347 g/mol. The molecular weight excluding hydrogens is 331 g/mol. The van der Waals surface area contributed by atoms with Gasteiger partial charge in [-0.3, -0.25) is 4.79 Å². The Labute approximate surface area is 142 Å². The second kappa shape index (κ2) is 7.38. The molecule has 1 N–H and O–H groups in total. The molecule has 0 radical (unpaired) electrons. The summed E-state index contributed by atoms with van der Waals surface area (Å²) in [7, 11) is 0. The van der Waals surface area contributed by atoms with E-state index < -0.39 is 17.8 Å².